The van der Waals surface area contributed by atoms with Crippen molar-refractivity contribution in [3.63, 3.8) is 0 Å². The van der Waals surface area contributed by atoms with Crippen molar-refractivity contribution in [2.24, 2.45) is 17.6 Å². The number of halogens is 5. The van der Waals surface area contributed by atoms with Crippen LogP contribution in [0.25, 0.3) is 17.9 Å². The average Bonchev–Trinajstić information content (AvgIpc) is 2.97. The third-order valence-electron chi connectivity index (χ3n) is 9.41. The number of ketones is 2. The molecule has 3 aliphatic carbocycles. The first-order valence-corrected chi connectivity index (χ1v) is 14.5. The van der Waals surface area contributed by atoms with Crippen LogP contribution in [0.1, 0.15) is 53.1 Å². The molecule has 15 heteroatoms. The van der Waals surface area contributed by atoms with Crippen molar-refractivity contribution in [2.45, 2.75) is 49.6 Å². The van der Waals surface area contributed by atoms with E-state index in [1.54, 1.807) is 0 Å². The number of nitrogens with two attached hydrogens (primary N) is 1. The summed E-state index contributed by atoms with van der Waals surface area (Å²) in [4.78, 5) is 40.8. The van der Waals surface area contributed by atoms with Gasteiger partial charge in [0.1, 0.15) is 22.8 Å². The van der Waals surface area contributed by atoms with E-state index in [1.807, 2.05) is 0 Å². The number of fused-ring (bicyclic) bond motifs is 3. The summed E-state index contributed by atoms with van der Waals surface area (Å²) in [7, 11) is 2.76. The molecule has 6 atom stereocenters. The molecular weight excluding hydrogens is 647 g/mol. The molecule has 0 bridgehead atoms. The number of likely N-dealkylation sites (N-methyl/N-ethyl adjacent to an activating group) is 1. The molecule has 0 aromatic heterocycles. The number of phenols is 1. The molecule has 0 radical (unpaired) electrons. The van der Waals surface area contributed by atoms with Crippen molar-refractivity contribution in [1.29, 1.82) is 0 Å². The first-order valence-electron chi connectivity index (χ1n) is 14.5. The molecule has 0 aliphatic heterocycles. The number of nitrogens with zero attached hydrogens (tertiary/aromatic N) is 1. The van der Waals surface area contributed by atoms with E-state index in [4.69, 9.17) is 5.73 Å². The van der Waals surface area contributed by atoms with Crippen LogP contribution in [0.3, 0.4) is 0 Å². The highest BCUT2D eigenvalue weighted by Crippen LogP contribution is 2.56. The SMILES string of the molecule is C[C@H]1c2ccc(/C=C/c3cc(C(C)(F)F)cc(C(F)(F)F)c3)c(O)c2C(O)=C2C(=O)[C@]3(O)C(O)=C(C(N)=O)C(=O)[C@@H](N(C)C)[C@@H]3[C@@H](O)[C@@H]21. The Kier molecular flexibility index (Phi) is 8.13. The first kappa shape index (κ1) is 34.7. The fourth-order valence-corrected chi connectivity index (χ4v) is 7.12. The molecule has 5 rings (SSSR count). The van der Waals surface area contributed by atoms with E-state index in [2.05, 4.69) is 0 Å². The van der Waals surface area contributed by atoms with Crippen LogP contribution in [-0.4, -0.2) is 79.7 Å². The van der Waals surface area contributed by atoms with E-state index < -0.39 is 105 Å². The smallest absolute Gasteiger partial charge is 0.416 e. The molecule has 0 saturated heterocycles. The third-order valence-corrected chi connectivity index (χ3v) is 9.41. The molecular formula is C33H31F5N2O8. The Hall–Kier alpha value is -4.60. The minimum Gasteiger partial charge on any atom is -0.508 e. The predicted molar refractivity (Wildman–Crippen MR) is 160 cm³/mol. The number of carbonyl (C=O) groups excluding carboxylic acids is 3. The number of phenolic OH excluding ortho intramolecular Hbond substituents is 1. The van der Waals surface area contributed by atoms with Crippen LogP contribution < -0.4 is 5.73 Å². The summed E-state index contributed by atoms with van der Waals surface area (Å²) in [6.07, 6.45) is -4.61. The zero-order valence-electron chi connectivity index (χ0n) is 25.8. The zero-order chi connectivity index (χ0) is 36.0. The molecule has 1 fully saturated rings. The maximum absolute atomic E-state index is 14.1. The van der Waals surface area contributed by atoms with Gasteiger partial charge in [0.15, 0.2) is 11.4 Å². The summed E-state index contributed by atoms with van der Waals surface area (Å²) in [6.45, 7) is 1.97. The summed E-state index contributed by atoms with van der Waals surface area (Å²) < 4.78 is 68.4. The van der Waals surface area contributed by atoms with E-state index in [9.17, 15) is 61.9 Å². The lowest BCUT2D eigenvalue weighted by Crippen LogP contribution is -2.70. The maximum Gasteiger partial charge on any atom is 0.416 e. The Morgan fingerprint density at radius 1 is 1.00 bits per heavy atom. The highest BCUT2D eigenvalue weighted by Gasteiger charge is 2.68. The minimum absolute atomic E-state index is 0.121. The number of aliphatic hydroxyl groups excluding tert-OH is 3. The lowest BCUT2D eigenvalue weighted by molar-refractivity contribution is -0.169. The van der Waals surface area contributed by atoms with E-state index in [0.29, 0.717) is 19.1 Å². The molecule has 0 heterocycles. The van der Waals surface area contributed by atoms with Gasteiger partial charge < -0.3 is 31.3 Å². The number of aliphatic hydroxyl groups is 4. The van der Waals surface area contributed by atoms with Gasteiger partial charge in [0.2, 0.25) is 5.78 Å². The number of benzene rings is 2. The lowest BCUT2D eigenvalue weighted by Gasteiger charge is -2.53. The van der Waals surface area contributed by atoms with Crippen LogP contribution in [0, 0.1) is 11.8 Å². The normalized spacial score (nSPS) is 27.8. The van der Waals surface area contributed by atoms with E-state index in [1.165, 1.54) is 38.1 Å². The number of carbonyl (C=O) groups is 3. The highest BCUT2D eigenvalue weighted by molar-refractivity contribution is 6.24. The van der Waals surface area contributed by atoms with Crippen LogP contribution in [0.4, 0.5) is 22.0 Å². The van der Waals surface area contributed by atoms with Crippen molar-refractivity contribution in [3.8, 4) is 5.75 Å². The predicted octanol–water partition coefficient (Wildman–Crippen LogP) is 3.80. The molecule has 0 spiro atoms. The number of alkyl halides is 5. The zero-order valence-corrected chi connectivity index (χ0v) is 25.8. The Labute approximate surface area is 269 Å². The summed E-state index contributed by atoms with van der Waals surface area (Å²) in [6, 6.07) is 2.99. The first-order chi connectivity index (χ1) is 22.0. The fourth-order valence-electron chi connectivity index (χ4n) is 7.12. The van der Waals surface area contributed by atoms with Gasteiger partial charge in [0.25, 0.3) is 11.8 Å². The van der Waals surface area contributed by atoms with Gasteiger partial charge >= 0.3 is 6.18 Å². The van der Waals surface area contributed by atoms with Gasteiger partial charge in [-0.3, -0.25) is 19.3 Å². The van der Waals surface area contributed by atoms with Gasteiger partial charge in [0, 0.05) is 29.5 Å². The van der Waals surface area contributed by atoms with E-state index in [0.717, 1.165) is 18.2 Å². The van der Waals surface area contributed by atoms with Crippen LogP contribution in [0.5, 0.6) is 5.75 Å². The number of rotatable bonds is 5. The number of hydrogen-bond donors (Lipinski definition) is 6. The Morgan fingerprint density at radius 2 is 1.60 bits per heavy atom. The van der Waals surface area contributed by atoms with E-state index >= 15 is 0 Å². The van der Waals surface area contributed by atoms with Gasteiger partial charge in [-0.1, -0.05) is 31.2 Å². The second kappa shape index (κ2) is 11.2. The van der Waals surface area contributed by atoms with Gasteiger partial charge in [-0.05, 0) is 49.3 Å². The Morgan fingerprint density at radius 3 is 2.15 bits per heavy atom. The van der Waals surface area contributed by atoms with Gasteiger partial charge in [-0.15, -0.1) is 0 Å². The van der Waals surface area contributed by atoms with Crippen molar-refractivity contribution in [1.82, 2.24) is 4.90 Å². The van der Waals surface area contributed by atoms with Crippen LogP contribution >= 0.6 is 0 Å². The largest absolute Gasteiger partial charge is 0.508 e. The van der Waals surface area contributed by atoms with Crippen molar-refractivity contribution < 1.29 is 61.9 Å². The molecule has 10 nitrogen and oxygen atoms in total. The molecule has 2 aromatic carbocycles. The molecule has 3 aliphatic rings. The second-order valence-corrected chi connectivity index (χ2v) is 12.6. The summed E-state index contributed by atoms with van der Waals surface area (Å²) >= 11 is 0. The Balaban J connectivity index is 1.67. The topological polar surface area (TPSA) is 182 Å². The molecule has 256 valence electrons. The molecule has 0 unspecified atom stereocenters. The Bertz CT molecular complexity index is 1830. The number of amides is 1. The maximum atomic E-state index is 14.1. The summed E-state index contributed by atoms with van der Waals surface area (Å²) in [5.74, 6) is -14.4. The van der Waals surface area contributed by atoms with Crippen LogP contribution in [-0.2, 0) is 26.5 Å². The highest BCUT2D eigenvalue weighted by atomic mass is 19.4. The standard InChI is InChI=1S/C33H31F5N2O8/c1-12-17-8-7-14(6-5-13-9-15(31(2,34)35)11-16(10-13)33(36,37)38)24(41)19(17)25(42)20-18(12)26(43)22-23(40(3)4)27(44)21(30(39)47)29(46)32(22,48)28(20)45/h5-12,18,22-23,26,41-43,46,48H,1-4H3,(H2,39,47)/b6-5+/t12-,18+,22+,23-,26-,32-/m0/s1. The fraction of sp³-hybridized carbons (Fsp3) is 0.364. The van der Waals surface area contributed by atoms with Crippen molar-refractivity contribution in [3.05, 3.63) is 80.6 Å². The number of Topliss-reactive ketones (excluding diaryl/α,β-unsaturated/α-hetero) is 2. The van der Waals surface area contributed by atoms with E-state index in [-0.39, 0.29) is 22.3 Å². The van der Waals surface area contributed by atoms with Crippen molar-refractivity contribution in [2.75, 3.05) is 14.1 Å². The number of primary amides is 1. The number of aromatic hydroxyl groups is 1. The molecule has 1 saturated carbocycles. The molecule has 48 heavy (non-hydrogen) atoms. The van der Waals surface area contributed by atoms with Gasteiger partial charge in [-0.2, -0.15) is 13.2 Å². The molecule has 1 amide bonds. The monoisotopic (exact) mass is 678 g/mol. The molecule has 2 aromatic rings. The minimum atomic E-state index is -4.94. The van der Waals surface area contributed by atoms with Crippen LogP contribution in [0.15, 0.2) is 47.2 Å². The summed E-state index contributed by atoms with van der Waals surface area (Å²) in [5.41, 5.74) is -2.30. The quantitative estimate of drug-likeness (QED) is 0.156. The summed E-state index contributed by atoms with van der Waals surface area (Å²) in [5, 5.41) is 57.2. The van der Waals surface area contributed by atoms with Crippen molar-refractivity contribution >= 4 is 35.4 Å². The average molecular weight is 679 g/mol. The van der Waals surface area contributed by atoms with Gasteiger partial charge in [-0.25, -0.2) is 8.78 Å². The number of hydrogen-bond acceptors (Lipinski definition) is 9. The van der Waals surface area contributed by atoms with Gasteiger partial charge in [0.05, 0.1) is 29.2 Å². The van der Waals surface area contributed by atoms with Crippen LogP contribution in [0.2, 0.25) is 0 Å². The third kappa shape index (κ3) is 5.07. The lowest BCUT2D eigenvalue weighted by atomic mass is 9.54. The molecule has 7 N–H and O–H groups in total. The second-order valence-electron chi connectivity index (χ2n) is 12.6.